The summed E-state index contributed by atoms with van der Waals surface area (Å²) < 4.78 is 13.1. The quantitative estimate of drug-likeness (QED) is 0.904. The van der Waals surface area contributed by atoms with E-state index in [0.717, 1.165) is 18.7 Å². The van der Waals surface area contributed by atoms with Crippen LogP contribution in [0.4, 0.5) is 10.2 Å². The number of hydrogen-bond acceptors (Lipinski definition) is 5. The van der Waals surface area contributed by atoms with Crippen molar-refractivity contribution < 1.29 is 9.50 Å². The molecule has 1 N–H and O–H groups in total. The van der Waals surface area contributed by atoms with Crippen LogP contribution in [-0.4, -0.2) is 47.3 Å². The maximum Gasteiger partial charge on any atom is 0.146 e. The molecule has 2 aromatic rings. The molecule has 6 heteroatoms. The third-order valence-corrected chi connectivity index (χ3v) is 4.57. The maximum atomic E-state index is 13.1. The molecule has 1 aromatic heterocycles. The van der Waals surface area contributed by atoms with E-state index in [1.54, 1.807) is 30.5 Å². The molecule has 0 unspecified atom stereocenters. The second kappa shape index (κ2) is 8.06. The number of nitriles is 1. The number of rotatable bonds is 5. The fourth-order valence-electron chi connectivity index (χ4n) is 3.28. The summed E-state index contributed by atoms with van der Waals surface area (Å²) in [5.74, 6) is 0.467. The number of piperazine rings is 1. The first-order chi connectivity index (χ1) is 12.2. The lowest BCUT2D eigenvalue weighted by Crippen LogP contribution is -2.53. The van der Waals surface area contributed by atoms with Crippen LogP contribution in [-0.2, 0) is 6.54 Å². The van der Waals surface area contributed by atoms with Gasteiger partial charge in [-0.1, -0.05) is 12.1 Å². The predicted octanol–water partition coefficient (Wildman–Crippen LogP) is 2.17. The van der Waals surface area contributed by atoms with Gasteiger partial charge in [0.25, 0.3) is 0 Å². The molecule has 130 valence electrons. The number of aliphatic hydroxyl groups is 1. The number of benzene rings is 1. The number of hydrogen-bond donors (Lipinski definition) is 1. The average Bonchev–Trinajstić information content (AvgIpc) is 2.65. The molecule has 1 fully saturated rings. The molecule has 1 aromatic carbocycles. The van der Waals surface area contributed by atoms with Gasteiger partial charge >= 0.3 is 0 Å². The highest BCUT2D eigenvalue weighted by atomic mass is 19.1. The van der Waals surface area contributed by atoms with Gasteiger partial charge in [0, 0.05) is 45.0 Å². The van der Waals surface area contributed by atoms with Crippen LogP contribution in [0.5, 0.6) is 0 Å². The Morgan fingerprint density at radius 2 is 2.04 bits per heavy atom. The zero-order chi connectivity index (χ0) is 17.6. The van der Waals surface area contributed by atoms with E-state index in [9.17, 15) is 14.8 Å². The van der Waals surface area contributed by atoms with Crippen LogP contribution < -0.4 is 4.90 Å². The van der Waals surface area contributed by atoms with Gasteiger partial charge in [-0.2, -0.15) is 5.26 Å². The van der Waals surface area contributed by atoms with Crippen molar-refractivity contribution in [2.45, 2.75) is 19.0 Å². The molecule has 1 atom stereocenters. The minimum atomic E-state index is -0.236. The molecule has 0 amide bonds. The van der Waals surface area contributed by atoms with Crippen LogP contribution in [0.3, 0.4) is 0 Å². The lowest BCUT2D eigenvalue weighted by atomic mass is 10.1. The summed E-state index contributed by atoms with van der Waals surface area (Å²) >= 11 is 0. The van der Waals surface area contributed by atoms with Gasteiger partial charge in [0.1, 0.15) is 17.7 Å². The highest BCUT2D eigenvalue weighted by Gasteiger charge is 2.28. The Morgan fingerprint density at radius 3 is 2.76 bits per heavy atom. The normalized spacial score (nSPS) is 18.1. The van der Waals surface area contributed by atoms with E-state index in [4.69, 9.17) is 0 Å². The molecule has 5 nitrogen and oxygen atoms in total. The summed E-state index contributed by atoms with van der Waals surface area (Å²) in [4.78, 5) is 8.78. The fourth-order valence-corrected chi connectivity index (χ4v) is 3.28. The van der Waals surface area contributed by atoms with Crippen LogP contribution in [0.2, 0.25) is 0 Å². The van der Waals surface area contributed by atoms with Crippen molar-refractivity contribution in [3.05, 3.63) is 59.5 Å². The molecule has 2 heterocycles. The fraction of sp³-hybridized carbons (Fsp3) is 0.368. The first-order valence-corrected chi connectivity index (χ1v) is 8.40. The smallest absolute Gasteiger partial charge is 0.146 e. The third kappa shape index (κ3) is 4.13. The van der Waals surface area contributed by atoms with Crippen LogP contribution in [0, 0.1) is 17.1 Å². The van der Waals surface area contributed by atoms with Gasteiger partial charge in [-0.25, -0.2) is 9.37 Å². The minimum Gasteiger partial charge on any atom is -0.396 e. The molecule has 0 radical (unpaired) electrons. The molecule has 1 aliphatic rings. The molecular weight excluding hydrogens is 319 g/mol. The SMILES string of the molecule is N#Cc1cccnc1N1CCN(Cc2ccc(F)cc2)[C@H](CCO)C1. The van der Waals surface area contributed by atoms with Crippen molar-refractivity contribution in [2.75, 3.05) is 31.1 Å². The summed E-state index contributed by atoms with van der Waals surface area (Å²) in [7, 11) is 0. The number of halogens is 1. The zero-order valence-electron chi connectivity index (χ0n) is 14.0. The third-order valence-electron chi connectivity index (χ3n) is 4.57. The average molecular weight is 340 g/mol. The van der Waals surface area contributed by atoms with Gasteiger partial charge < -0.3 is 10.0 Å². The van der Waals surface area contributed by atoms with Crippen LogP contribution in [0.15, 0.2) is 42.6 Å². The van der Waals surface area contributed by atoms with Gasteiger partial charge in [0.15, 0.2) is 0 Å². The minimum absolute atomic E-state index is 0.103. The summed E-state index contributed by atoms with van der Waals surface area (Å²) in [6.45, 7) is 3.07. The van der Waals surface area contributed by atoms with E-state index >= 15 is 0 Å². The van der Waals surface area contributed by atoms with Crippen LogP contribution in [0.25, 0.3) is 0 Å². The molecule has 25 heavy (non-hydrogen) atoms. The second-order valence-electron chi connectivity index (χ2n) is 6.20. The second-order valence-corrected chi connectivity index (χ2v) is 6.20. The van der Waals surface area contributed by atoms with Gasteiger partial charge in [-0.05, 0) is 36.2 Å². The van der Waals surface area contributed by atoms with Crippen molar-refractivity contribution in [2.24, 2.45) is 0 Å². The van der Waals surface area contributed by atoms with E-state index in [2.05, 4.69) is 20.9 Å². The van der Waals surface area contributed by atoms with Crippen molar-refractivity contribution in [3.8, 4) is 6.07 Å². The van der Waals surface area contributed by atoms with E-state index < -0.39 is 0 Å². The molecule has 3 rings (SSSR count). The van der Waals surface area contributed by atoms with Gasteiger partial charge in [-0.15, -0.1) is 0 Å². The Balaban J connectivity index is 1.74. The van der Waals surface area contributed by atoms with Crippen molar-refractivity contribution in [1.82, 2.24) is 9.88 Å². The first kappa shape index (κ1) is 17.3. The molecule has 0 saturated carbocycles. The van der Waals surface area contributed by atoms with E-state index in [1.807, 2.05) is 0 Å². The van der Waals surface area contributed by atoms with E-state index in [0.29, 0.717) is 30.9 Å². The van der Waals surface area contributed by atoms with E-state index in [-0.39, 0.29) is 18.5 Å². The molecular formula is C19H21FN4O. The maximum absolute atomic E-state index is 13.1. The van der Waals surface area contributed by atoms with Gasteiger partial charge in [0.2, 0.25) is 0 Å². The number of anilines is 1. The molecule has 1 saturated heterocycles. The number of nitrogens with zero attached hydrogens (tertiary/aromatic N) is 4. The van der Waals surface area contributed by atoms with Crippen LogP contribution in [0.1, 0.15) is 17.5 Å². The van der Waals surface area contributed by atoms with Crippen molar-refractivity contribution in [3.63, 3.8) is 0 Å². The highest BCUT2D eigenvalue weighted by molar-refractivity contribution is 5.53. The Hall–Kier alpha value is -2.49. The lowest BCUT2D eigenvalue weighted by Gasteiger charge is -2.42. The highest BCUT2D eigenvalue weighted by Crippen LogP contribution is 2.23. The van der Waals surface area contributed by atoms with E-state index in [1.165, 1.54) is 12.1 Å². The number of pyridine rings is 1. The molecule has 0 bridgehead atoms. The Morgan fingerprint density at radius 1 is 1.24 bits per heavy atom. The Bertz CT molecular complexity index is 744. The first-order valence-electron chi connectivity index (χ1n) is 8.40. The predicted molar refractivity (Wildman–Crippen MR) is 93.5 cm³/mol. The monoisotopic (exact) mass is 340 g/mol. The molecule has 0 aliphatic carbocycles. The van der Waals surface area contributed by atoms with Crippen molar-refractivity contribution in [1.29, 1.82) is 5.26 Å². The Kier molecular flexibility index (Phi) is 5.59. The molecule has 1 aliphatic heterocycles. The number of aromatic nitrogens is 1. The summed E-state index contributed by atoms with van der Waals surface area (Å²) in [5, 5.41) is 18.7. The Labute approximate surface area is 146 Å². The summed E-state index contributed by atoms with van der Waals surface area (Å²) in [6, 6.07) is 12.4. The van der Waals surface area contributed by atoms with Gasteiger partial charge in [0.05, 0.1) is 5.56 Å². The largest absolute Gasteiger partial charge is 0.396 e. The molecule has 0 spiro atoms. The van der Waals surface area contributed by atoms with Crippen molar-refractivity contribution >= 4 is 5.82 Å². The summed E-state index contributed by atoms with van der Waals surface area (Å²) in [6.07, 6.45) is 2.34. The zero-order valence-corrected chi connectivity index (χ0v) is 14.0. The summed E-state index contributed by atoms with van der Waals surface area (Å²) in [5.41, 5.74) is 1.62. The van der Waals surface area contributed by atoms with Crippen LogP contribution >= 0.6 is 0 Å². The standard InChI is InChI=1S/C19H21FN4O/c20-17-5-3-15(4-6-17)13-23-9-10-24(14-18(23)7-11-25)19-16(12-21)2-1-8-22-19/h1-6,8,18,25H,7,9-11,13-14H2/t18-/m1/s1. The lowest BCUT2D eigenvalue weighted by molar-refractivity contribution is 0.135. The van der Waals surface area contributed by atoms with Gasteiger partial charge in [-0.3, -0.25) is 4.90 Å². The topological polar surface area (TPSA) is 63.4 Å². The number of aliphatic hydroxyl groups excluding tert-OH is 1.